The Morgan fingerprint density at radius 3 is 0.836 bits per heavy atom. The zero-order valence-electron chi connectivity index (χ0n) is 40.5. The maximum absolute atomic E-state index is 6.01. The Kier molecular flexibility index (Phi) is 26.3. The Bertz CT molecular complexity index is 1690. The van der Waals surface area contributed by atoms with Crippen LogP contribution < -0.4 is 9.80 Å². The molecule has 0 atom stereocenters. The summed E-state index contributed by atoms with van der Waals surface area (Å²) in [7, 11) is 6.68. The van der Waals surface area contributed by atoms with Crippen LogP contribution in [0, 0.1) is 0 Å². The summed E-state index contributed by atoms with van der Waals surface area (Å²) < 4.78 is 66.9. The summed E-state index contributed by atoms with van der Waals surface area (Å²) in [6.45, 7) is 13.6. The SMILES string of the molecule is COCCOCCOCCN(CCOCCOCCOC)c1ccc(C2(c3ccc(N(CCOCCOCCOC)CCOCCOCCOC)cc3)c3ccccc3-c3ccccc32)cc1. The van der Waals surface area contributed by atoms with Gasteiger partial charge in [0, 0.05) is 66.0 Å². The number of ether oxygens (including phenoxy) is 12. The summed E-state index contributed by atoms with van der Waals surface area (Å²) in [5.41, 5.74) is 9.01. The van der Waals surface area contributed by atoms with E-state index in [9.17, 15) is 0 Å². The van der Waals surface area contributed by atoms with Gasteiger partial charge >= 0.3 is 0 Å². The minimum Gasteiger partial charge on any atom is -0.382 e. The quantitative estimate of drug-likeness (QED) is 0.0405. The van der Waals surface area contributed by atoms with Gasteiger partial charge in [-0.3, -0.25) is 0 Å². The lowest BCUT2D eigenvalue weighted by atomic mass is 9.67. The zero-order chi connectivity index (χ0) is 47.0. The van der Waals surface area contributed by atoms with E-state index in [0.717, 1.165) is 11.4 Å². The summed E-state index contributed by atoms with van der Waals surface area (Å²) in [5.74, 6) is 0. The standard InChI is InChI=1S/C53H76N2O12/c1-56-29-33-64-41-37-60-25-21-54(22-26-61-38-42-65-34-30-57-2)47-17-13-45(14-18-47)53(51-11-7-5-9-49(51)50-10-6-8-12-52(50)53)46-15-19-48(20-16-46)55(23-27-62-39-43-66-35-31-58-3)24-28-63-40-44-67-36-32-59-4/h5-20H,21-44H2,1-4H3. The van der Waals surface area contributed by atoms with Crippen LogP contribution in [0.1, 0.15) is 22.3 Å². The van der Waals surface area contributed by atoms with Gasteiger partial charge in [-0.1, -0.05) is 72.8 Å². The first kappa shape index (κ1) is 53.9. The monoisotopic (exact) mass is 933 g/mol. The topological polar surface area (TPSA) is 117 Å². The van der Waals surface area contributed by atoms with E-state index in [1.807, 2.05) is 0 Å². The molecular formula is C53H76N2O12. The largest absolute Gasteiger partial charge is 0.382 e. The third kappa shape index (κ3) is 17.2. The number of hydrogen-bond donors (Lipinski definition) is 0. The van der Waals surface area contributed by atoms with Crippen LogP contribution in [-0.4, -0.2) is 187 Å². The second-order valence-electron chi connectivity index (χ2n) is 15.8. The van der Waals surface area contributed by atoms with E-state index in [1.54, 1.807) is 28.4 Å². The van der Waals surface area contributed by atoms with Crippen molar-refractivity contribution < 1.29 is 56.8 Å². The van der Waals surface area contributed by atoms with Crippen LogP contribution in [0.4, 0.5) is 11.4 Å². The maximum Gasteiger partial charge on any atom is 0.0713 e. The summed E-state index contributed by atoms with van der Waals surface area (Å²) in [6.07, 6.45) is 0. The van der Waals surface area contributed by atoms with Crippen molar-refractivity contribution in [2.75, 3.05) is 197 Å². The second kappa shape index (κ2) is 32.7. The summed E-state index contributed by atoms with van der Waals surface area (Å²) in [5, 5.41) is 0. The van der Waals surface area contributed by atoms with Gasteiger partial charge in [0.05, 0.1) is 138 Å². The first-order valence-corrected chi connectivity index (χ1v) is 23.7. The van der Waals surface area contributed by atoms with Crippen molar-refractivity contribution in [3.8, 4) is 11.1 Å². The fourth-order valence-electron chi connectivity index (χ4n) is 8.16. The van der Waals surface area contributed by atoms with E-state index in [-0.39, 0.29) is 0 Å². The van der Waals surface area contributed by atoms with Gasteiger partial charge in [-0.05, 0) is 57.6 Å². The number of rotatable bonds is 40. The molecule has 14 nitrogen and oxygen atoms in total. The molecule has 0 amide bonds. The van der Waals surface area contributed by atoms with Crippen LogP contribution in [0.15, 0.2) is 97.1 Å². The van der Waals surface area contributed by atoms with Crippen molar-refractivity contribution in [2.45, 2.75) is 5.41 Å². The number of benzene rings is 4. The van der Waals surface area contributed by atoms with E-state index in [0.29, 0.717) is 158 Å². The molecule has 370 valence electrons. The molecule has 0 saturated carbocycles. The van der Waals surface area contributed by atoms with Crippen molar-refractivity contribution in [1.29, 1.82) is 0 Å². The van der Waals surface area contributed by atoms with Gasteiger partial charge in [0.15, 0.2) is 0 Å². The molecule has 4 aromatic rings. The van der Waals surface area contributed by atoms with E-state index in [4.69, 9.17) is 56.8 Å². The molecule has 0 radical (unpaired) electrons. The highest BCUT2D eigenvalue weighted by Crippen LogP contribution is 2.56. The molecule has 0 saturated heterocycles. The van der Waals surface area contributed by atoms with Crippen LogP contribution in [0.2, 0.25) is 0 Å². The van der Waals surface area contributed by atoms with Gasteiger partial charge in [0.2, 0.25) is 0 Å². The first-order chi connectivity index (χ1) is 33.2. The van der Waals surface area contributed by atoms with Crippen molar-refractivity contribution in [2.24, 2.45) is 0 Å². The molecule has 0 unspecified atom stereocenters. The summed E-state index contributed by atoms with van der Waals surface area (Å²) in [4.78, 5) is 4.65. The molecule has 4 aromatic carbocycles. The molecule has 5 rings (SSSR count). The predicted octanol–water partition coefficient (Wildman–Crippen LogP) is 6.38. The average molecular weight is 933 g/mol. The number of nitrogens with zero attached hydrogens (tertiary/aromatic N) is 2. The average Bonchev–Trinajstić information content (AvgIpc) is 3.67. The second-order valence-corrected chi connectivity index (χ2v) is 15.8. The lowest BCUT2D eigenvalue weighted by Gasteiger charge is -2.35. The minimum atomic E-state index is -0.560. The number of methoxy groups -OCH3 is 4. The molecule has 0 aliphatic heterocycles. The highest BCUT2D eigenvalue weighted by molar-refractivity contribution is 5.86. The molecule has 0 heterocycles. The predicted molar refractivity (Wildman–Crippen MR) is 262 cm³/mol. The van der Waals surface area contributed by atoms with Crippen LogP contribution in [0.25, 0.3) is 11.1 Å². The Hall–Kier alpha value is -4.00. The molecule has 67 heavy (non-hydrogen) atoms. The summed E-state index contributed by atoms with van der Waals surface area (Å²) >= 11 is 0. The Balaban J connectivity index is 1.38. The first-order valence-electron chi connectivity index (χ1n) is 23.7. The van der Waals surface area contributed by atoms with Gasteiger partial charge in [-0.15, -0.1) is 0 Å². The van der Waals surface area contributed by atoms with E-state index >= 15 is 0 Å². The van der Waals surface area contributed by atoms with Crippen molar-refractivity contribution in [3.63, 3.8) is 0 Å². The molecule has 1 aliphatic carbocycles. The van der Waals surface area contributed by atoms with Crippen molar-refractivity contribution in [1.82, 2.24) is 0 Å². The molecule has 0 aromatic heterocycles. The third-order valence-electron chi connectivity index (χ3n) is 11.5. The Morgan fingerprint density at radius 2 is 0.552 bits per heavy atom. The smallest absolute Gasteiger partial charge is 0.0713 e. The minimum absolute atomic E-state index is 0.515. The lowest BCUT2D eigenvalue weighted by molar-refractivity contribution is 0.0235. The molecule has 0 N–H and O–H groups in total. The molecule has 0 bridgehead atoms. The number of anilines is 2. The summed E-state index contributed by atoms with van der Waals surface area (Å²) in [6, 6.07) is 35.8. The van der Waals surface area contributed by atoms with Crippen LogP contribution >= 0.6 is 0 Å². The van der Waals surface area contributed by atoms with E-state index in [2.05, 4.69) is 107 Å². The normalized spacial score (nSPS) is 12.7. The van der Waals surface area contributed by atoms with Gasteiger partial charge < -0.3 is 66.6 Å². The highest BCUT2D eigenvalue weighted by Gasteiger charge is 2.46. The van der Waals surface area contributed by atoms with E-state index < -0.39 is 5.41 Å². The van der Waals surface area contributed by atoms with Crippen molar-refractivity contribution in [3.05, 3.63) is 119 Å². The molecular weight excluding hydrogens is 857 g/mol. The number of fused-ring (bicyclic) bond motifs is 3. The lowest BCUT2D eigenvalue weighted by Crippen LogP contribution is -2.33. The molecule has 1 aliphatic rings. The maximum atomic E-state index is 6.01. The fourth-order valence-corrected chi connectivity index (χ4v) is 8.16. The Morgan fingerprint density at radius 1 is 0.299 bits per heavy atom. The molecule has 14 heteroatoms. The van der Waals surface area contributed by atoms with Gasteiger partial charge in [-0.2, -0.15) is 0 Å². The van der Waals surface area contributed by atoms with Crippen LogP contribution in [0.3, 0.4) is 0 Å². The fraction of sp³-hybridized carbons (Fsp3) is 0.547. The van der Waals surface area contributed by atoms with Crippen LogP contribution in [0.5, 0.6) is 0 Å². The zero-order valence-corrected chi connectivity index (χ0v) is 40.5. The van der Waals surface area contributed by atoms with Gasteiger partial charge in [0.1, 0.15) is 0 Å². The van der Waals surface area contributed by atoms with Crippen LogP contribution in [-0.2, 0) is 62.3 Å². The van der Waals surface area contributed by atoms with Gasteiger partial charge in [-0.25, -0.2) is 0 Å². The third-order valence-corrected chi connectivity index (χ3v) is 11.5. The Labute approximate surface area is 399 Å². The molecule has 0 fully saturated rings. The van der Waals surface area contributed by atoms with Crippen molar-refractivity contribution >= 4 is 11.4 Å². The van der Waals surface area contributed by atoms with Gasteiger partial charge in [0.25, 0.3) is 0 Å². The highest BCUT2D eigenvalue weighted by atomic mass is 16.6. The number of hydrogen-bond acceptors (Lipinski definition) is 14. The molecule has 0 spiro atoms. The van der Waals surface area contributed by atoms with E-state index in [1.165, 1.54) is 33.4 Å².